The topological polar surface area (TPSA) is 42.4 Å². The fraction of sp³-hybridized carbons (Fsp3) is 0. The van der Waals surface area contributed by atoms with Crippen LogP contribution in [0.5, 0.6) is 0 Å². The van der Waals surface area contributed by atoms with Gasteiger partial charge in [0, 0.05) is 79.3 Å². The van der Waals surface area contributed by atoms with Crippen LogP contribution in [0, 0.1) is 0 Å². The van der Waals surface area contributed by atoms with E-state index in [-0.39, 0.29) is 0 Å². The van der Waals surface area contributed by atoms with E-state index in [1.165, 1.54) is 27.3 Å². The lowest BCUT2D eigenvalue weighted by atomic mass is 9.98. The molecule has 12 rings (SSSR count). The van der Waals surface area contributed by atoms with Crippen molar-refractivity contribution < 1.29 is 8.83 Å². The molecular weight excluding hydrogens is 697 g/mol. The van der Waals surface area contributed by atoms with E-state index in [1.54, 1.807) is 0 Å². The quantitative estimate of drug-likeness (QED) is 0.177. The van der Waals surface area contributed by atoms with Crippen LogP contribution in [-0.2, 0) is 0 Å². The molecule has 57 heavy (non-hydrogen) atoms. The third kappa shape index (κ3) is 5.12. The molecule has 0 bridgehead atoms. The van der Waals surface area contributed by atoms with Crippen molar-refractivity contribution in [3.8, 4) is 22.3 Å². The zero-order valence-electron chi connectivity index (χ0n) is 30.7. The molecule has 0 radical (unpaired) electrons. The van der Waals surface area contributed by atoms with Gasteiger partial charge in [-0.15, -0.1) is 0 Å². The molecule has 4 nitrogen and oxygen atoms in total. The largest absolute Gasteiger partial charge is 0.455 e. The first-order chi connectivity index (χ1) is 28.2. The van der Waals surface area contributed by atoms with Gasteiger partial charge in [-0.1, -0.05) is 109 Å². The predicted octanol–water partition coefficient (Wildman–Crippen LogP) is 15.1. The Balaban J connectivity index is 0.967. The van der Waals surface area contributed by atoms with Crippen molar-refractivity contribution >= 4 is 93.3 Å². The number of hydrogen-bond acceptors (Lipinski definition) is 4. The van der Waals surface area contributed by atoms with Gasteiger partial charge in [0.2, 0.25) is 0 Å². The van der Waals surface area contributed by atoms with Crippen molar-refractivity contribution in [3.05, 3.63) is 194 Å². The second-order valence-electron chi connectivity index (χ2n) is 14.8. The summed E-state index contributed by atoms with van der Waals surface area (Å²) in [5.74, 6) is 0. The van der Waals surface area contributed by atoms with Gasteiger partial charge in [-0.2, -0.15) is 0 Å². The van der Waals surface area contributed by atoms with Crippen molar-refractivity contribution in [2.75, 3.05) is 4.90 Å². The molecule has 4 heteroatoms. The Morgan fingerprint density at radius 3 is 1.40 bits per heavy atom. The molecule has 3 aromatic heterocycles. The Morgan fingerprint density at radius 2 is 0.807 bits per heavy atom. The second-order valence-corrected chi connectivity index (χ2v) is 14.8. The molecule has 0 saturated carbocycles. The Kier molecular flexibility index (Phi) is 6.89. The van der Waals surface area contributed by atoms with Gasteiger partial charge in [-0.05, 0) is 99.1 Å². The van der Waals surface area contributed by atoms with E-state index in [0.717, 1.165) is 88.2 Å². The lowest BCUT2D eigenvalue weighted by Crippen LogP contribution is -2.09. The van der Waals surface area contributed by atoms with Gasteiger partial charge in [-0.25, -0.2) is 0 Å². The van der Waals surface area contributed by atoms with Gasteiger partial charge in [0.25, 0.3) is 0 Å². The standard InChI is InChI=1S/C53H32N2O2/c1-3-7-44-37(5-1)17-23-48-46-25-21-42(30-50(46)56-52(44)48)55(43-22-26-47-49-24-18-38-6-2-4-8-45(38)53(49)57-51(47)31-43)41-19-15-34(16-20-41)33-9-11-35(12-10-33)39-14-13-36-27-28-54-32-40(36)29-39/h1-32H. The minimum absolute atomic E-state index is 0.847. The van der Waals surface area contributed by atoms with Gasteiger partial charge >= 0.3 is 0 Å². The van der Waals surface area contributed by atoms with E-state index in [9.17, 15) is 0 Å². The van der Waals surface area contributed by atoms with Crippen LogP contribution in [0.4, 0.5) is 17.1 Å². The molecule has 9 aromatic carbocycles. The smallest absolute Gasteiger partial charge is 0.143 e. The molecule has 0 saturated heterocycles. The summed E-state index contributed by atoms with van der Waals surface area (Å²) in [6, 6.07) is 64.8. The number of hydrogen-bond donors (Lipinski definition) is 0. The molecular formula is C53H32N2O2. The summed E-state index contributed by atoms with van der Waals surface area (Å²) in [5.41, 5.74) is 11.2. The zero-order chi connectivity index (χ0) is 37.5. The molecule has 266 valence electrons. The fourth-order valence-corrected chi connectivity index (χ4v) is 8.63. The minimum atomic E-state index is 0.847. The average Bonchev–Trinajstić information content (AvgIpc) is 3.85. The zero-order valence-corrected chi connectivity index (χ0v) is 30.7. The molecule has 0 unspecified atom stereocenters. The summed E-state index contributed by atoms with van der Waals surface area (Å²) in [6.07, 6.45) is 3.76. The molecule has 0 aliphatic rings. The van der Waals surface area contributed by atoms with Crippen LogP contribution >= 0.6 is 0 Å². The number of aromatic nitrogens is 1. The predicted molar refractivity (Wildman–Crippen MR) is 237 cm³/mol. The van der Waals surface area contributed by atoms with Gasteiger partial charge < -0.3 is 13.7 Å². The van der Waals surface area contributed by atoms with Crippen LogP contribution < -0.4 is 4.90 Å². The lowest BCUT2D eigenvalue weighted by molar-refractivity contribution is 0.672. The number of anilines is 3. The molecule has 0 aliphatic heterocycles. The van der Waals surface area contributed by atoms with Gasteiger partial charge in [-0.3, -0.25) is 4.98 Å². The van der Waals surface area contributed by atoms with Crippen molar-refractivity contribution in [1.29, 1.82) is 0 Å². The van der Waals surface area contributed by atoms with Crippen LogP contribution in [0.1, 0.15) is 0 Å². The van der Waals surface area contributed by atoms with E-state index >= 15 is 0 Å². The molecule has 0 amide bonds. The summed E-state index contributed by atoms with van der Waals surface area (Å²) in [7, 11) is 0. The highest BCUT2D eigenvalue weighted by Crippen LogP contribution is 2.43. The minimum Gasteiger partial charge on any atom is -0.455 e. The maximum absolute atomic E-state index is 6.67. The third-order valence-electron chi connectivity index (χ3n) is 11.5. The highest BCUT2D eigenvalue weighted by Gasteiger charge is 2.19. The molecule has 0 atom stereocenters. The number of benzene rings is 9. The van der Waals surface area contributed by atoms with E-state index in [2.05, 4.69) is 186 Å². The molecule has 0 aliphatic carbocycles. The summed E-state index contributed by atoms with van der Waals surface area (Å²) < 4.78 is 13.3. The first-order valence-electron chi connectivity index (χ1n) is 19.2. The first-order valence-corrected chi connectivity index (χ1v) is 19.2. The molecule has 3 heterocycles. The van der Waals surface area contributed by atoms with Crippen molar-refractivity contribution in [1.82, 2.24) is 4.98 Å². The highest BCUT2D eigenvalue weighted by atomic mass is 16.3. The Bertz CT molecular complexity index is 3370. The third-order valence-corrected chi connectivity index (χ3v) is 11.5. The Hall–Kier alpha value is -7.69. The summed E-state index contributed by atoms with van der Waals surface area (Å²) >= 11 is 0. The number of nitrogens with zero attached hydrogens (tertiary/aromatic N) is 2. The normalized spacial score (nSPS) is 11.9. The molecule has 0 spiro atoms. The van der Waals surface area contributed by atoms with Crippen molar-refractivity contribution in [2.24, 2.45) is 0 Å². The number of rotatable bonds is 5. The van der Waals surface area contributed by atoms with Crippen LogP contribution in [0.25, 0.3) is 98.4 Å². The van der Waals surface area contributed by atoms with Crippen LogP contribution in [0.3, 0.4) is 0 Å². The van der Waals surface area contributed by atoms with E-state index < -0.39 is 0 Å². The Morgan fingerprint density at radius 1 is 0.333 bits per heavy atom. The highest BCUT2D eigenvalue weighted by molar-refractivity contribution is 6.17. The number of pyridine rings is 1. The monoisotopic (exact) mass is 728 g/mol. The van der Waals surface area contributed by atoms with Gasteiger partial charge in [0.15, 0.2) is 0 Å². The van der Waals surface area contributed by atoms with Gasteiger partial charge in [0.1, 0.15) is 22.3 Å². The molecule has 12 aromatic rings. The summed E-state index contributed by atoms with van der Waals surface area (Å²) in [5, 5.41) is 11.3. The molecule has 0 N–H and O–H groups in total. The van der Waals surface area contributed by atoms with Crippen LogP contribution in [0.15, 0.2) is 203 Å². The van der Waals surface area contributed by atoms with Crippen LogP contribution in [-0.4, -0.2) is 4.98 Å². The maximum Gasteiger partial charge on any atom is 0.143 e. The fourth-order valence-electron chi connectivity index (χ4n) is 8.63. The SMILES string of the molecule is c1ccc2c(c1)ccc1c3ccc(N(c4ccc(-c5ccc(-c6ccc7ccncc7c6)cc5)cc4)c4ccc5c(c4)oc4c6ccccc6ccc54)cc3oc21. The summed E-state index contributed by atoms with van der Waals surface area (Å²) in [4.78, 5) is 6.60. The van der Waals surface area contributed by atoms with Gasteiger partial charge in [0.05, 0.1) is 0 Å². The van der Waals surface area contributed by atoms with Crippen LogP contribution in [0.2, 0.25) is 0 Å². The maximum atomic E-state index is 6.67. The molecule has 0 fully saturated rings. The van der Waals surface area contributed by atoms with E-state index in [4.69, 9.17) is 8.83 Å². The second kappa shape index (κ2) is 12.4. The lowest BCUT2D eigenvalue weighted by Gasteiger charge is -2.25. The summed E-state index contributed by atoms with van der Waals surface area (Å²) in [6.45, 7) is 0. The van der Waals surface area contributed by atoms with Crippen molar-refractivity contribution in [2.45, 2.75) is 0 Å². The van der Waals surface area contributed by atoms with E-state index in [1.807, 2.05) is 18.5 Å². The Labute approximate surface area is 327 Å². The van der Waals surface area contributed by atoms with Crippen molar-refractivity contribution in [3.63, 3.8) is 0 Å². The van der Waals surface area contributed by atoms with E-state index in [0.29, 0.717) is 0 Å². The average molecular weight is 729 g/mol. The number of furan rings is 2. The number of fused-ring (bicyclic) bond motifs is 11. The first kappa shape index (κ1) is 31.6.